The average molecular weight is 332 g/mol. The second kappa shape index (κ2) is 7.96. The number of halogens is 2. The van der Waals surface area contributed by atoms with Gasteiger partial charge in [0, 0.05) is 16.5 Å². The number of rotatable bonds is 7. The minimum absolute atomic E-state index is 0.218. The molecule has 1 rings (SSSR count). The second-order valence-corrected chi connectivity index (χ2v) is 5.93. The van der Waals surface area contributed by atoms with Crippen LogP contribution in [0.3, 0.4) is 0 Å². The third-order valence-corrected chi connectivity index (χ3v) is 4.47. The molecule has 0 amide bonds. The molecule has 1 nitrogen and oxygen atoms in total. The molecule has 0 fully saturated rings. The first-order valence-corrected chi connectivity index (χ1v) is 7.73. The van der Waals surface area contributed by atoms with E-state index < -0.39 is 0 Å². The lowest BCUT2D eigenvalue weighted by Crippen LogP contribution is -2.08. The van der Waals surface area contributed by atoms with Gasteiger partial charge in [0.25, 0.3) is 0 Å². The van der Waals surface area contributed by atoms with Gasteiger partial charge in [0.1, 0.15) is 0 Å². The van der Waals surface area contributed by atoms with E-state index in [9.17, 15) is 4.79 Å². The largest absolute Gasteiger partial charge is 0.294 e. The Kier molecular flexibility index (Phi) is 6.95. The van der Waals surface area contributed by atoms with Crippen molar-refractivity contribution < 1.29 is 4.79 Å². The zero-order valence-corrected chi connectivity index (χ0v) is 13.4. The van der Waals surface area contributed by atoms with Gasteiger partial charge in [0.2, 0.25) is 0 Å². The van der Waals surface area contributed by atoms with Crippen LogP contribution in [0.5, 0.6) is 0 Å². The van der Waals surface area contributed by atoms with E-state index in [-0.39, 0.29) is 5.78 Å². The van der Waals surface area contributed by atoms with Gasteiger partial charge >= 0.3 is 0 Å². The molecular weight excluding hydrogens is 312 g/mol. The standard InChI is InChI=1S/C15H20BrClO/c1-3-5-6-11(4-2)9-15(18)12-7-8-14(17)13(16)10-12/h7-8,10-11H,3-6,9H2,1-2H3. The van der Waals surface area contributed by atoms with E-state index in [1.54, 1.807) is 6.07 Å². The van der Waals surface area contributed by atoms with Crippen molar-refractivity contribution in [1.29, 1.82) is 0 Å². The van der Waals surface area contributed by atoms with Crippen molar-refractivity contribution in [2.75, 3.05) is 0 Å². The molecule has 1 aromatic rings. The molecule has 0 saturated carbocycles. The summed E-state index contributed by atoms with van der Waals surface area (Å²) in [7, 11) is 0. The predicted molar refractivity (Wildman–Crippen MR) is 81.4 cm³/mol. The average Bonchev–Trinajstić information content (AvgIpc) is 2.37. The number of unbranched alkanes of at least 4 members (excludes halogenated alkanes) is 1. The summed E-state index contributed by atoms with van der Waals surface area (Å²) in [5, 5.41) is 0.643. The maximum Gasteiger partial charge on any atom is 0.163 e. The monoisotopic (exact) mass is 330 g/mol. The molecule has 0 spiro atoms. The van der Waals surface area contributed by atoms with Crippen LogP contribution in [0.2, 0.25) is 5.02 Å². The lowest BCUT2D eigenvalue weighted by molar-refractivity contribution is 0.0957. The molecule has 0 aliphatic heterocycles. The van der Waals surface area contributed by atoms with Crippen molar-refractivity contribution in [2.45, 2.75) is 46.0 Å². The maximum atomic E-state index is 12.2. The van der Waals surface area contributed by atoms with Crippen LogP contribution in [0, 0.1) is 5.92 Å². The Hall–Kier alpha value is -0.340. The molecule has 0 saturated heterocycles. The van der Waals surface area contributed by atoms with Crippen molar-refractivity contribution in [3.63, 3.8) is 0 Å². The van der Waals surface area contributed by atoms with E-state index in [4.69, 9.17) is 11.6 Å². The Balaban J connectivity index is 2.65. The summed E-state index contributed by atoms with van der Waals surface area (Å²) in [6.07, 6.45) is 5.26. The zero-order chi connectivity index (χ0) is 13.5. The van der Waals surface area contributed by atoms with Gasteiger partial charge in [0.05, 0.1) is 5.02 Å². The van der Waals surface area contributed by atoms with Crippen LogP contribution >= 0.6 is 27.5 Å². The van der Waals surface area contributed by atoms with Crippen molar-refractivity contribution in [3.05, 3.63) is 33.3 Å². The molecular formula is C15H20BrClO. The van der Waals surface area contributed by atoms with E-state index in [0.29, 0.717) is 17.4 Å². The van der Waals surface area contributed by atoms with Crippen molar-refractivity contribution >= 4 is 33.3 Å². The number of carbonyl (C=O) groups excluding carboxylic acids is 1. The fourth-order valence-corrected chi connectivity index (χ4v) is 2.49. The van der Waals surface area contributed by atoms with E-state index in [0.717, 1.165) is 22.9 Å². The zero-order valence-electron chi connectivity index (χ0n) is 11.0. The highest BCUT2D eigenvalue weighted by Gasteiger charge is 2.14. The van der Waals surface area contributed by atoms with Gasteiger partial charge in [-0.15, -0.1) is 0 Å². The van der Waals surface area contributed by atoms with Gasteiger partial charge in [-0.05, 0) is 40.0 Å². The van der Waals surface area contributed by atoms with E-state index in [1.165, 1.54) is 12.8 Å². The summed E-state index contributed by atoms with van der Waals surface area (Å²) in [4.78, 5) is 12.2. The minimum Gasteiger partial charge on any atom is -0.294 e. The summed E-state index contributed by atoms with van der Waals surface area (Å²) < 4.78 is 0.789. The maximum absolute atomic E-state index is 12.2. The summed E-state index contributed by atoms with van der Waals surface area (Å²) in [6, 6.07) is 5.39. The van der Waals surface area contributed by atoms with Crippen LogP contribution in [-0.4, -0.2) is 5.78 Å². The summed E-state index contributed by atoms with van der Waals surface area (Å²) in [5.41, 5.74) is 0.751. The Bertz CT molecular complexity index is 403. The second-order valence-electron chi connectivity index (χ2n) is 4.67. The first kappa shape index (κ1) is 15.7. The van der Waals surface area contributed by atoms with Crippen LogP contribution in [0.15, 0.2) is 22.7 Å². The first-order chi connectivity index (χ1) is 8.58. The van der Waals surface area contributed by atoms with Crippen molar-refractivity contribution in [1.82, 2.24) is 0 Å². The normalized spacial score (nSPS) is 12.4. The number of Topliss-reactive ketones (excluding diaryl/α,β-unsaturated/α-hetero) is 1. The van der Waals surface area contributed by atoms with E-state index >= 15 is 0 Å². The predicted octanol–water partition coefficient (Wildman–Crippen LogP) is 5.89. The van der Waals surface area contributed by atoms with Crippen LogP contribution < -0.4 is 0 Å². The molecule has 0 heterocycles. The summed E-state index contributed by atoms with van der Waals surface area (Å²) >= 11 is 9.28. The minimum atomic E-state index is 0.218. The molecule has 0 radical (unpaired) electrons. The quantitative estimate of drug-likeness (QED) is 0.569. The number of hydrogen-bond acceptors (Lipinski definition) is 1. The Morgan fingerprint density at radius 3 is 2.67 bits per heavy atom. The molecule has 1 unspecified atom stereocenters. The van der Waals surface area contributed by atoms with Crippen molar-refractivity contribution in [2.24, 2.45) is 5.92 Å². The molecule has 0 aliphatic rings. The first-order valence-electron chi connectivity index (χ1n) is 6.56. The van der Waals surface area contributed by atoms with Crippen molar-refractivity contribution in [3.8, 4) is 0 Å². The molecule has 1 aromatic carbocycles. The molecule has 0 aliphatic carbocycles. The molecule has 0 N–H and O–H groups in total. The Labute approximate surface area is 123 Å². The van der Waals surface area contributed by atoms with Gasteiger partial charge < -0.3 is 0 Å². The van der Waals surface area contributed by atoms with Gasteiger partial charge in [0.15, 0.2) is 5.78 Å². The highest BCUT2D eigenvalue weighted by atomic mass is 79.9. The highest BCUT2D eigenvalue weighted by Crippen LogP contribution is 2.25. The third-order valence-electron chi connectivity index (χ3n) is 3.26. The van der Waals surface area contributed by atoms with Crippen LogP contribution in [0.1, 0.15) is 56.3 Å². The van der Waals surface area contributed by atoms with E-state index in [2.05, 4.69) is 29.8 Å². The van der Waals surface area contributed by atoms with Crippen LogP contribution in [0.4, 0.5) is 0 Å². The SMILES string of the molecule is CCCCC(CC)CC(=O)c1ccc(Cl)c(Br)c1. The topological polar surface area (TPSA) is 17.1 Å². The van der Waals surface area contributed by atoms with Crippen LogP contribution in [-0.2, 0) is 0 Å². The Morgan fingerprint density at radius 2 is 2.11 bits per heavy atom. The Morgan fingerprint density at radius 1 is 1.39 bits per heavy atom. The van der Waals surface area contributed by atoms with Gasteiger partial charge in [-0.3, -0.25) is 4.79 Å². The van der Waals surface area contributed by atoms with E-state index in [1.807, 2.05) is 12.1 Å². The number of ketones is 1. The smallest absolute Gasteiger partial charge is 0.163 e. The summed E-state index contributed by atoms with van der Waals surface area (Å²) in [5.74, 6) is 0.724. The molecule has 0 aromatic heterocycles. The molecule has 100 valence electrons. The lowest BCUT2D eigenvalue weighted by atomic mass is 9.91. The number of benzene rings is 1. The fourth-order valence-electron chi connectivity index (χ4n) is 1.99. The molecule has 3 heteroatoms. The number of carbonyl (C=O) groups is 1. The highest BCUT2D eigenvalue weighted by molar-refractivity contribution is 9.10. The molecule has 0 bridgehead atoms. The molecule has 18 heavy (non-hydrogen) atoms. The third kappa shape index (κ3) is 4.74. The fraction of sp³-hybridized carbons (Fsp3) is 0.533. The van der Waals surface area contributed by atoms with Crippen LogP contribution in [0.25, 0.3) is 0 Å². The van der Waals surface area contributed by atoms with Gasteiger partial charge in [-0.2, -0.15) is 0 Å². The summed E-state index contributed by atoms with van der Waals surface area (Å²) in [6.45, 7) is 4.34. The molecule has 1 atom stereocenters. The number of hydrogen-bond donors (Lipinski definition) is 0. The van der Waals surface area contributed by atoms with Gasteiger partial charge in [-0.1, -0.05) is 51.1 Å². The van der Waals surface area contributed by atoms with Gasteiger partial charge in [-0.25, -0.2) is 0 Å². The lowest BCUT2D eigenvalue weighted by Gasteiger charge is -2.13.